The Hall–Kier alpha value is -1.30. The molecule has 2 aliphatic rings. The van der Waals surface area contributed by atoms with Crippen molar-refractivity contribution in [1.82, 2.24) is 0 Å². The number of carboxylic acids is 2. The third kappa shape index (κ3) is 1.77. The molecule has 2 unspecified atom stereocenters. The van der Waals surface area contributed by atoms with Gasteiger partial charge in [0.05, 0.1) is 11.6 Å². The van der Waals surface area contributed by atoms with Crippen LogP contribution in [0.15, 0.2) is 16.6 Å². The highest BCUT2D eigenvalue weighted by molar-refractivity contribution is 7.99. The van der Waals surface area contributed by atoms with Crippen molar-refractivity contribution in [3.05, 3.63) is 11.6 Å². The molecule has 2 N–H and O–H groups in total. The Morgan fingerprint density at radius 2 is 2.07 bits per heavy atom. The van der Waals surface area contributed by atoms with E-state index in [0.717, 1.165) is 11.5 Å². The second-order valence-electron chi connectivity index (χ2n) is 3.44. The standard InChI is InChI=1S/C9H9NO4S/c11-8(12)5-1-4-2-15-3-6(4)10-7(5)9(13)14/h1,4,6H,2-3H2,(H,11,12)(H,13,14). The number of rotatable bonds is 2. The highest BCUT2D eigenvalue weighted by Gasteiger charge is 2.35. The second-order valence-corrected chi connectivity index (χ2v) is 4.51. The predicted octanol–water partition coefficient (Wildman–Crippen LogP) is 0.268. The lowest BCUT2D eigenvalue weighted by Crippen LogP contribution is -2.31. The van der Waals surface area contributed by atoms with Crippen molar-refractivity contribution < 1.29 is 19.8 Å². The van der Waals surface area contributed by atoms with Gasteiger partial charge < -0.3 is 10.2 Å². The largest absolute Gasteiger partial charge is 0.478 e. The van der Waals surface area contributed by atoms with Crippen LogP contribution in [0.4, 0.5) is 0 Å². The number of aliphatic carboxylic acids is 2. The summed E-state index contributed by atoms with van der Waals surface area (Å²) in [6.07, 6.45) is 1.53. The van der Waals surface area contributed by atoms with Crippen molar-refractivity contribution in [2.45, 2.75) is 6.04 Å². The fourth-order valence-electron chi connectivity index (χ4n) is 1.72. The molecule has 2 aliphatic heterocycles. The summed E-state index contributed by atoms with van der Waals surface area (Å²) >= 11 is 1.67. The van der Waals surface area contributed by atoms with Crippen molar-refractivity contribution in [2.75, 3.05) is 11.5 Å². The van der Waals surface area contributed by atoms with Crippen LogP contribution >= 0.6 is 11.8 Å². The quantitative estimate of drug-likeness (QED) is 0.707. The Morgan fingerprint density at radius 1 is 1.33 bits per heavy atom. The summed E-state index contributed by atoms with van der Waals surface area (Å²) in [5.74, 6) is -0.822. The van der Waals surface area contributed by atoms with Crippen LogP contribution in [0, 0.1) is 5.92 Å². The molecule has 0 bridgehead atoms. The van der Waals surface area contributed by atoms with Crippen LogP contribution < -0.4 is 0 Å². The van der Waals surface area contributed by atoms with Gasteiger partial charge in [-0.05, 0) is 0 Å². The van der Waals surface area contributed by atoms with E-state index >= 15 is 0 Å². The molecule has 2 rings (SSSR count). The van der Waals surface area contributed by atoms with Gasteiger partial charge in [-0.15, -0.1) is 0 Å². The van der Waals surface area contributed by atoms with Crippen molar-refractivity contribution >= 4 is 29.4 Å². The highest BCUT2D eigenvalue weighted by Crippen LogP contribution is 2.32. The van der Waals surface area contributed by atoms with E-state index in [1.54, 1.807) is 11.8 Å². The maximum Gasteiger partial charge on any atom is 0.354 e. The Bertz CT molecular complexity index is 352. The van der Waals surface area contributed by atoms with Gasteiger partial charge in [0.1, 0.15) is 0 Å². The fourth-order valence-corrected chi connectivity index (χ4v) is 3.01. The van der Waals surface area contributed by atoms with E-state index in [-0.39, 0.29) is 23.2 Å². The number of carbonyl (C=O) groups is 2. The number of hydrogen-bond donors (Lipinski definition) is 2. The van der Waals surface area contributed by atoms with Crippen LogP contribution in [0.25, 0.3) is 0 Å². The van der Waals surface area contributed by atoms with E-state index in [1.807, 2.05) is 0 Å². The molecular formula is C9H9NO4S. The summed E-state index contributed by atoms with van der Waals surface area (Å²) in [5, 5.41) is 17.7. The van der Waals surface area contributed by atoms with Gasteiger partial charge in [0.2, 0.25) is 0 Å². The summed E-state index contributed by atoms with van der Waals surface area (Å²) < 4.78 is 0. The van der Waals surface area contributed by atoms with E-state index in [4.69, 9.17) is 10.2 Å². The molecule has 0 aliphatic carbocycles. The van der Waals surface area contributed by atoms with Crippen molar-refractivity contribution in [3.8, 4) is 0 Å². The molecule has 6 heteroatoms. The third-order valence-electron chi connectivity index (χ3n) is 2.46. The smallest absolute Gasteiger partial charge is 0.354 e. The zero-order valence-electron chi connectivity index (χ0n) is 7.71. The van der Waals surface area contributed by atoms with E-state index in [9.17, 15) is 9.59 Å². The first-order valence-electron chi connectivity index (χ1n) is 4.44. The van der Waals surface area contributed by atoms with Crippen molar-refractivity contribution in [3.63, 3.8) is 0 Å². The highest BCUT2D eigenvalue weighted by atomic mass is 32.2. The SMILES string of the molecule is O=C(O)C1=CC2CSCC2N=C1C(=O)O. The number of nitrogens with zero attached hydrogens (tertiary/aromatic N) is 1. The lowest BCUT2D eigenvalue weighted by Gasteiger charge is -2.18. The van der Waals surface area contributed by atoms with Gasteiger partial charge in [-0.3, -0.25) is 4.99 Å². The minimum atomic E-state index is -1.26. The molecule has 0 aromatic carbocycles. The van der Waals surface area contributed by atoms with Gasteiger partial charge >= 0.3 is 11.9 Å². The van der Waals surface area contributed by atoms with Crippen LogP contribution in [0.5, 0.6) is 0 Å². The number of carboxylic acid groups (broad SMARTS) is 2. The molecule has 0 spiro atoms. The minimum Gasteiger partial charge on any atom is -0.478 e. The fraction of sp³-hybridized carbons (Fsp3) is 0.444. The Balaban J connectivity index is 2.38. The zero-order chi connectivity index (χ0) is 11.0. The third-order valence-corrected chi connectivity index (χ3v) is 3.65. The van der Waals surface area contributed by atoms with Gasteiger partial charge in [0.15, 0.2) is 5.71 Å². The first-order chi connectivity index (χ1) is 7.09. The van der Waals surface area contributed by atoms with Gasteiger partial charge in [-0.2, -0.15) is 11.8 Å². The average Bonchev–Trinajstić information content (AvgIpc) is 2.61. The lowest BCUT2D eigenvalue weighted by molar-refractivity contribution is -0.134. The molecule has 2 atom stereocenters. The number of fused-ring (bicyclic) bond motifs is 1. The summed E-state index contributed by atoms with van der Waals surface area (Å²) in [7, 11) is 0. The number of dihydropyridines is 1. The minimum absolute atomic E-state index is 0.0656. The molecule has 0 saturated carbocycles. The number of thioether (sulfide) groups is 1. The predicted molar refractivity (Wildman–Crippen MR) is 55.4 cm³/mol. The molecule has 80 valence electrons. The molecule has 5 nitrogen and oxygen atoms in total. The normalized spacial score (nSPS) is 29.1. The first-order valence-corrected chi connectivity index (χ1v) is 5.59. The van der Waals surface area contributed by atoms with E-state index in [2.05, 4.69) is 4.99 Å². The topological polar surface area (TPSA) is 87.0 Å². The monoisotopic (exact) mass is 227 g/mol. The van der Waals surface area contributed by atoms with E-state index < -0.39 is 11.9 Å². The summed E-state index contributed by atoms with van der Waals surface area (Å²) in [5.41, 5.74) is -0.488. The maximum atomic E-state index is 10.8. The van der Waals surface area contributed by atoms with Crippen LogP contribution in [0.2, 0.25) is 0 Å². The molecule has 2 heterocycles. The molecular weight excluding hydrogens is 218 g/mol. The van der Waals surface area contributed by atoms with Gasteiger partial charge in [0.25, 0.3) is 0 Å². The van der Waals surface area contributed by atoms with Crippen molar-refractivity contribution in [2.24, 2.45) is 10.9 Å². The summed E-state index contributed by atoms with van der Waals surface area (Å²) in [6.45, 7) is 0. The van der Waals surface area contributed by atoms with Gasteiger partial charge in [-0.25, -0.2) is 9.59 Å². The van der Waals surface area contributed by atoms with Gasteiger partial charge in [-0.1, -0.05) is 6.08 Å². The van der Waals surface area contributed by atoms with Crippen LogP contribution in [0.3, 0.4) is 0 Å². The number of aliphatic imine (C=N–C) groups is 1. The summed E-state index contributed by atoms with van der Waals surface area (Å²) in [6, 6.07) is -0.0656. The average molecular weight is 227 g/mol. The number of hydrogen-bond acceptors (Lipinski definition) is 4. The van der Waals surface area contributed by atoms with E-state index in [0.29, 0.717) is 0 Å². The molecule has 0 aromatic heterocycles. The van der Waals surface area contributed by atoms with Gasteiger partial charge in [0, 0.05) is 17.4 Å². The summed E-state index contributed by atoms with van der Waals surface area (Å²) in [4.78, 5) is 25.6. The second kappa shape index (κ2) is 3.69. The van der Waals surface area contributed by atoms with Crippen LogP contribution in [0.1, 0.15) is 0 Å². The molecule has 1 fully saturated rings. The molecule has 0 aromatic rings. The molecule has 0 amide bonds. The Morgan fingerprint density at radius 3 is 2.67 bits per heavy atom. The van der Waals surface area contributed by atoms with Crippen molar-refractivity contribution in [1.29, 1.82) is 0 Å². The molecule has 0 radical (unpaired) electrons. The Labute approximate surface area is 89.9 Å². The maximum absolute atomic E-state index is 10.8. The van der Waals surface area contributed by atoms with Crippen LogP contribution in [-0.4, -0.2) is 45.4 Å². The molecule has 15 heavy (non-hydrogen) atoms. The first kappa shape index (κ1) is 10.2. The zero-order valence-corrected chi connectivity index (χ0v) is 8.53. The lowest BCUT2D eigenvalue weighted by atomic mass is 9.94. The Kier molecular flexibility index (Phi) is 2.52. The molecule has 1 saturated heterocycles. The van der Waals surface area contributed by atoms with Crippen LogP contribution in [-0.2, 0) is 9.59 Å². The van der Waals surface area contributed by atoms with E-state index in [1.165, 1.54) is 6.08 Å².